The van der Waals surface area contributed by atoms with Crippen LogP contribution in [0.25, 0.3) is 0 Å². The summed E-state index contributed by atoms with van der Waals surface area (Å²) in [6.07, 6.45) is 1.53. The van der Waals surface area contributed by atoms with Gasteiger partial charge >= 0.3 is 0 Å². The Hall–Kier alpha value is -1.32. The van der Waals surface area contributed by atoms with E-state index in [-0.39, 0.29) is 5.41 Å². The third-order valence-electron chi connectivity index (χ3n) is 2.11. The van der Waals surface area contributed by atoms with Crippen LogP contribution in [0, 0.1) is 12.3 Å². The SMILES string of the molecule is CCOc1ncnc(NCC(C)(C)C)c1C. The first kappa shape index (κ1) is 12.7. The third-order valence-corrected chi connectivity index (χ3v) is 2.11. The maximum atomic E-state index is 5.42. The second-order valence-corrected chi connectivity index (χ2v) is 5.00. The van der Waals surface area contributed by atoms with E-state index in [1.807, 2.05) is 13.8 Å². The quantitative estimate of drug-likeness (QED) is 0.852. The van der Waals surface area contributed by atoms with Crippen LogP contribution in [0.4, 0.5) is 5.82 Å². The van der Waals surface area contributed by atoms with Crippen molar-refractivity contribution in [2.24, 2.45) is 5.41 Å². The molecule has 0 saturated carbocycles. The molecule has 1 rings (SSSR count). The summed E-state index contributed by atoms with van der Waals surface area (Å²) in [6.45, 7) is 12.0. The van der Waals surface area contributed by atoms with E-state index in [4.69, 9.17) is 4.74 Å². The van der Waals surface area contributed by atoms with Gasteiger partial charge in [0, 0.05) is 6.54 Å². The summed E-state index contributed by atoms with van der Waals surface area (Å²) in [5, 5.41) is 3.32. The van der Waals surface area contributed by atoms with E-state index < -0.39 is 0 Å². The van der Waals surface area contributed by atoms with Gasteiger partial charge in [0.2, 0.25) is 5.88 Å². The zero-order chi connectivity index (χ0) is 12.2. The highest BCUT2D eigenvalue weighted by atomic mass is 16.5. The van der Waals surface area contributed by atoms with Crippen molar-refractivity contribution < 1.29 is 4.74 Å². The summed E-state index contributed by atoms with van der Waals surface area (Å²) in [5.41, 5.74) is 1.19. The van der Waals surface area contributed by atoms with E-state index in [0.29, 0.717) is 12.5 Å². The number of nitrogens with one attached hydrogen (secondary N) is 1. The minimum atomic E-state index is 0.225. The second-order valence-electron chi connectivity index (χ2n) is 5.00. The minimum absolute atomic E-state index is 0.225. The summed E-state index contributed by atoms with van der Waals surface area (Å²) in [7, 11) is 0. The molecule has 4 nitrogen and oxygen atoms in total. The molecule has 4 heteroatoms. The first-order valence-electron chi connectivity index (χ1n) is 5.62. The Morgan fingerprint density at radius 3 is 2.56 bits per heavy atom. The second kappa shape index (κ2) is 5.14. The maximum Gasteiger partial charge on any atom is 0.221 e. The number of anilines is 1. The Labute approximate surface area is 97.5 Å². The highest BCUT2D eigenvalue weighted by Crippen LogP contribution is 2.22. The molecule has 0 saturated heterocycles. The molecular formula is C12H21N3O. The fourth-order valence-corrected chi connectivity index (χ4v) is 1.24. The van der Waals surface area contributed by atoms with Crippen molar-refractivity contribution >= 4 is 5.82 Å². The molecule has 1 aromatic heterocycles. The standard InChI is InChI=1S/C12H21N3O/c1-6-16-11-9(2)10(14-8-15-11)13-7-12(3,4)5/h8H,6-7H2,1-5H3,(H,13,14,15). The number of aromatic nitrogens is 2. The average molecular weight is 223 g/mol. The molecule has 0 radical (unpaired) electrons. The molecule has 1 aromatic rings. The van der Waals surface area contributed by atoms with Crippen molar-refractivity contribution in [3.63, 3.8) is 0 Å². The van der Waals surface area contributed by atoms with Crippen LogP contribution in [0.3, 0.4) is 0 Å². The molecule has 1 heterocycles. The van der Waals surface area contributed by atoms with Gasteiger partial charge in [0.1, 0.15) is 12.1 Å². The predicted molar refractivity (Wildman–Crippen MR) is 65.9 cm³/mol. The summed E-state index contributed by atoms with van der Waals surface area (Å²) in [5.74, 6) is 1.52. The van der Waals surface area contributed by atoms with Crippen LogP contribution in [0.15, 0.2) is 6.33 Å². The minimum Gasteiger partial charge on any atom is -0.478 e. The summed E-state index contributed by atoms with van der Waals surface area (Å²) in [6, 6.07) is 0. The van der Waals surface area contributed by atoms with E-state index in [1.165, 1.54) is 6.33 Å². The van der Waals surface area contributed by atoms with Gasteiger partial charge in [0.15, 0.2) is 0 Å². The molecule has 0 aliphatic carbocycles. The Bertz CT molecular complexity index is 345. The number of hydrogen-bond acceptors (Lipinski definition) is 4. The normalized spacial score (nSPS) is 11.3. The van der Waals surface area contributed by atoms with E-state index in [2.05, 4.69) is 36.1 Å². The summed E-state index contributed by atoms with van der Waals surface area (Å²) in [4.78, 5) is 8.32. The molecule has 0 atom stereocenters. The topological polar surface area (TPSA) is 47.0 Å². The predicted octanol–water partition coefficient (Wildman–Crippen LogP) is 2.64. The largest absolute Gasteiger partial charge is 0.478 e. The van der Waals surface area contributed by atoms with Gasteiger partial charge in [0.05, 0.1) is 12.2 Å². The Balaban J connectivity index is 2.77. The van der Waals surface area contributed by atoms with E-state index in [0.717, 1.165) is 17.9 Å². The zero-order valence-corrected chi connectivity index (χ0v) is 10.8. The zero-order valence-electron chi connectivity index (χ0n) is 10.8. The Morgan fingerprint density at radius 1 is 1.31 bits per heavy atom. The fourth-order valence-electron chi connectivity index (χ4n) is 1.24. The van der Waals surface area contributed by atoms with Crippen LogP contribution in [0.1, 0.15) is 33.3 Å². The lowest BCUT2D eigenvalue weighted by molar-refractivity contribution is 0.323. The molecule has 0 spiro atoms. The van der Waals surface area contributed by atoms with Gasteiger partial charge in [-0.15, -0.1) is 0 Å². The average Bonchev–Trinajstić information content (AvgIpc) is 2.18. The number of rotatable bonds is 4. The van der Waals surface area contributed by atoms with E-state index in [1.54, 1.807) is 0 Å². The van der Waals surface area contributed by atoms with E-state index in [9.17, 15) is 0 Å². The monoisotopic (exact) mass is 223 g/mol. The molecule has 90 valence electrons. The first-order chi connectivity index (χ1) is 7.44. The van der Waals surface area contributed by atoms with Crippen molar-refractivity contribution in [3.8, 4) is 5.88 Å². The highest BCUT2D eigenvalue weighted by molar-refractivity contribution is 5.47. The summed E-state index contributed by atoms with van der Waals surface area (Å²) < 4.78 is 5.42. The van der Waals surface area contributed by atoms with Crippen LogP contribution in [-0.4, -0.2) is 23.1 Å². The van der Waals surface area contributed by atoms with Crippen molar-refractivity contribution in [1.29, 1.82) is 0 Å². The molecule has 0 bridgehead atoms. The van der Waals surface area contributed by atoms with Crippen molar-refractivity contribution in [1.82, 2.24) is 9.97 Å². The van der Waals surface area contributed by atoms with Crippen LogP contribution in [0.5, 0.6) is 5.88 Å². The Morgan fingerprint density at radius 2 is 2.00 bits per heavy atom. The number of nitrogens with zero attached hydrogens (tertiary/aromatic N) is 2. The van der Waals surface area contributed by atoms with E-state index >= 15 is 0 Å². The molecule has 16 heavy (non-hydrogen) atoms. The Kier molecular flexibility index (Phi) is 4.10. The van der Waals surface area contributed by atoms with Gasteiger partial charge in [0.25, 0.3) is 0 Å². The molecule has 0 amide bonds. The highest BCUT2D eigenvalue weighted by Gasteiger charge is 2.12. The molecular weight excluding hydrogens is 202 g/mol. The lowest BCUT2D eigenvalue weighted by Gasteiger charge is -2.20. The van der Waals surface area contributed by atoms with Crippen LogP contribution < -0.4 is 10.1 Å². The third kappa shape index (κ3) is 3.68. The smallest absolute Gasteiger partial charge is 0.221 e. The number of hydrogen-bond donors (Lipinski definition) is 1. The van der Waals surface area contributed by atoms with Crippen molar-refractivity contribution in [2.45, 2.75) is 34.6 Å². The molecule has 0 aliphatic heterocycles. The van der Waals surface area contributed by atoms with Crippen LogP contribution in [0.2, 0.25) is 0 Å². The molecule has 0 aromatic carbocycles. The van der Waals surface area contributed by atoms with Crippen molar-refractivity contribution in [3.05, 3.63) is 11.9 Å². The van der Waals surface area contributed by atoms with Crippen LogP contribution >= 0.6 is 0 Å². The summed E-state index contributed by atoms with van der Waals surface area (Å²) >= 11 is 0. The fraction of sp³-hybridized carbons (Fsp3) is 0.667. The molecule has 0 fully saturated rings. The van der Waals surface area contributed by atoms with Crippen LogP contribution in [-0.2, 0) is 0 Å². The van der Waals surface area contributed by atoms with Gasteiger partial charge < -0.3 is 10.1 Å². The van der Waals surface area contributed by atoms with Gasteiger partial charge in [-0.05, 0) is 19.3 Å². The molecule has 0 unspecified atom stereocenters. The molecule has 0 aliphatic rings. The number of ether oxygens (including phenoxy) is 1. The van der Waals surface area contributed by atoms with Gasteiger partial charge in [-0.3, -0.25) is 0 Å². The van der Waals surface area contributed by atoms with Crippen molar-refractivity contribution in [2.75, 3.05) is 18.5 Å². The lowest BCUT2D eigenvalue weighted by atomic mass is 9.97. The lowest BCUT2D eigenvalue weighted by Crippen LogP contribution is -2.20. The van der Waals surface area contributed by atoms with Gasteiger partial charge in [-0.1, -0.05) is 20.8 Å². The van der Waals surface area contributed by atoms with Gasteiger partial charge in [-0.2, -0.15) is 0 Å². The maximum absolute atomic E-state index is 5.42. The first-order valence-corrected chi connectivity index (χ1v) is 5.62. The van der Waals surface area contributed by atoms with Gasteiger partial charge in [-0.25, -0.2) is 9.97 Å². The molecule has 1 N–H and O–H groups in total.